The fraction of sp³-hybridized carbons (Fsp3) is 1.00. The second-order valence-electron chi connectivity index (χ2n) is 1.81. The van der Waals surface area contributed by atoms with E-state index in [9.17, 15) is 15.3 Å². The number of rotatable bonds is 3. The third kappa shape index (κ3) is 2.24. The van der Waals surface area contributed by atoms with E-state index in [0.717, 1.165) is 0 Å². The van der Waals surface area contributed by atoms with E-state index in [0.29, 0.717) is 0 Å². The van der Waals surface area contributed by atoms with Gasteiger partial charge in [-0.25, -0.2) is 5.21 Å². The molecular formula is C3H5N3O5. The minimum Gasteiger partial charge on any atom is -0.373 e. The van der Waals surface area contributed by atoms with Crippen LogP contribution >= 0.6 is 0 Å². The second-order valence-corrected chi connectivity index (χ2v) is 1.81. The maximum Gasteiger partial charge on any atom is 0.294 e. The van der Waals surface area contributed by atoms with Gasteiger partial charge in [0, 0.05) is 5.11 Å². The minimum absolute atomic E-state index is 0.0218. The molecule has 0 saturated carbocycles. The van der Waals surface area contributed by atoms with Crippen molar-refractivity contribution >= 4 is 0 Å². The normalized spacial score (nSPS) is 22.2. The SMILES string of the molecule is O=[N+]([O-])OCC1CN=[N+]([O-])O1. The van der Waals surface area contributed by atoms with Crippen molar-refractivity contribution in [1.29, 1.82) is 0 Å². The van der Waals surface area contributed by atoms with Crippen LogP contribution in [0.1, 0.15) is 0 Å². The highest BCUT2D eigenvalue weighted by Crippen LogP contribution is 2.02. The highest BCUT2D eigenvalue weighted by atomic mass is 17.0. The van der Waals surface area contributed by atoms with Crippen LogP contribution in [0.2, 0.25) is 0 Å². The summed E-state index contributed by atoms with van der Waals surface area (Å²) < 4.78 is 0. The molecule has 1 heterocycles. The average Bonchev–Trinajstić information content (AvgIpc) is 2.31. The molecule has 0 aromatic heterocycles. The monoisotopic (exact) mass is 163 g/mol. The van der Waals surface area contributed by atoms with Gasteiger partial charge < -0.3 is 9.68 Å². The van der Waals surface area contributed by atoms with Crippen LogP contribution in [0.3, 0.4) is 0 Å². The third-order valence-electron chi connectivity index (χ3n) is 1.01. The van der Waals surface area contributed by atoms with E-state index in [1.54, 1.807) is 0 Å². The van der Waals surface area contributed by atoms with Crippen LogP contribution in [0.25, 0.3) is 0 Å². The Morgan fingerprint density at radius 3 is 3.09 bits per heavy atom. The van der Waals surface area contributed by atoms with Gasteiger partial charge in [0.15, 0.2) is 5.02 Å². The molecule has 8 nitrogen and oxygen atoms in total. The van der Waals surface area contributed by atoms with Crippen LogP contribution in [-0.2, 0) is 9.68 Å². The van der Waals surface area contributed by atoms with Gasteiger partial charge in [0.05, 0.1) is 0 Å². The van der Waals surface area contributed by atoms with Crippen molar-refractivity contribution in [2.24, 2.45) is 5.11 Å². The van der Waals surface area contributed by atoms with E-state index in [-0.39, 0.29) is 18.2 Å². The smallest absolute Gasteiger partial charge is 0.294 e. The molecule has 1 unspecified atom stereocenters. The highest BCUT2D eigenvalue weighted by Gasteiger charge is 2.20. The second kappa shape index (κ2) is 2.99. The van der Waals surface area contributed by atoms with Crippen molar-refractivity contribution in [3.63, 3.8) is 0 Å². The molecule has 0 spiro atoms. The first-order valence-electron chi connectivity index (χ1n) is 2.77. The fourth-order valence-corrected chi connectivity index (χ4v) is 0.579. The first-order chi connectivity index (χ1) is 5.18. The Hall–Kier alpha value is -1.60. The molecule has 0 amide bonds. The Balaban J connectivity index is 2.16. The van der Waals surface area contributed by atoms with Crippen molar-refractivity contribution < 1.29 is 19.8 Å². The van der Waals surface area contributed by atoms with Gasteiger partial charge in [0.25, 0.3) is 5.09 Å². The van der Waals surface area contributed by atoms with Gasteiger partial charge in [0.2, 0.25) is 0 Å². The number of hydrogen-bond donors (Lipinski definition) is 0. The van der Waals surface area contributed by atoms with E-state index in [1.807, 2.05) is 0 Å². The average molecular weight is 163 g/mol. The fourth-order valence-electron chi connectivity index (χ4n) is 0.579. The molecule has 0 bridgehead atoms. The van der Waals surface area contributed by atoms with Crippen molar-refractivity contribution in [2.45, 2.75) is 6.10 Å². The van der Waals surface area contributed by atoms with Crippen LogP contribution in [-0.4, -0.2) is 29.4 Å². The quantitative estimate of drug-likeness (QED) is 0.316. The van der Waals surface area contributed by atoms with Gasteiger partial charge in [-0.3, -0.25) is 0 Å². The Labute approximate surface area is 60.7 Å². The van der Waals surface area contributed by atoms with Crippen LogP contribution in [0, 0.1) is 15.3 Å². The van der Waals surface area contributed by atoms with E-state index >= 15 is 0 Å². The zero-order chi connectivity index (χ0) is 8.27. The Morgan fingerprint density at radius 2 is 2.64 bits per heavy atom. The van der Waals surface area contributed by atoms with Gasteiger partial charge in [-0.05, 0) is 0 Å². The molecule has 1 aliphatic heterocycles. The molecular weight excluding hydrogens is 158 g/mol. The van der Waals surface area contributed by atoms with Crippen LogP contribution < -0.4 is 0 Å². The topological polar surface area (TPSA) is 100 Å². The lowest BCUT2D eigenvalue weighted by atomic mass is 10.4. The maximum absolute atomic E-state index is 10.2. The summed E-state index contributed by atoms with van der Waals surface area (Å²) >= 11 is 0. The summed E-state index contributed by atoms with van der Waals surface area (Å²) in [6, 6.07) is 0. The largest absolute Gasteiger partial charge is 0.373 e. The molecule has 0 saturated heterocycles. The van der Waals surface area contributed by atoms with Gasteiger partial charge in [0.1, 0.15) is 19.3 Å². The predicted molar refractivity (Wildman–Crippen MR) is 28.7 cm³/mol. The summed E-state index contributed by atoms with van der Waals surface area (Å²) in [5, 5.41) is 22.2. The Morgan fingerprint density at radius 1 is 1.91 bits per heavy atom. The summed E-state index contributed by atoms with van der Waals surface area (Å²) in [7, 11) is 0. The van der Waals surface area contributed by atoms with E-state index in [1.165, 1.54) is 0 Å². The summed E-state index contributed by atoms with van der Waals surface area (Å²) in [5.74, 6) is 0. The molecule has 8 heteroatoms. The lowest BCUT2D eigenvalue weighted by Gasteiger charge is -2.05. The van der Waals surface area contributed by atoms with Gasteiger partial charge in [-0.2, -0.15) is 0 Å². The molecule has 0 aromatic carbocycles. The maximum atomic E-state index is 10.2. The Kier molecular flexibility index (Phi) is 2.04. The van der Waals surface area contributed by atoms with E-state index in [2.05, 4.69) is 14.8 Å². The molecule has 62 valence electrons. The lowest BCUT2D eigenvalue weighted by molar-refractivity contribution is -0.794. The van der Waals surface area contributed by atoms with E-state index < -0.39 is 11.2 Å². The summed E-state index contributed by atoms with van der Waals surface area (Å²) in [4.78, 5) is 18.0. The van der Waals surface area contributed by atoms with Crippen molar-refractivity contribution in [3.8, 4) is 0 Å². The first kappa shape index (κ1) is 7.51. The standard InChI is InChI=1S/C3H5N3O5/c7-5-4-1-3(11-5)2-10-6(8)9/h3H,1-2H2. The summed E-state index contributed by atoms with van der Waals surface area (Å²) in [6.07, 6.45) is -0.641. The minimum atomic E-state index is -0.948. The van der Waals surface area contributed by atoms with Crippen LogP contribution in [0.5, 0.6) is 0 Å². The van der Waals surface area contributed by atoms with Crippen LogP contribution in [0.15, 0.2) is 5.11 Å². The molecule has 0 radical (unpaired) electrons. The molecule has 1 atom stereocenters. The molecule has 0 aromatic rings. The van der Waals surface area contributed by atoms with E-state index in [4.69, 9.17) is 0 Å². The van der Waals surface area contributed by atoms with Crippen LogP contribution in [0.4, 0.5) is 0 Å². The lowest BCUT2D eigenvalue weighted by Crippen LogP contribution is -2.21. The first-order valence-corrected chi connectivity index (χ1v) is 2.77. The number of hydrogen-bond acceptors (Lipinski definition) is 6. The number of nitrogens with zero attached hydrogens (tertiary/aromatic N) is 3. The summed E-state index contributed by atoms with van der Waals surface area (Å²) in [5.41, 5.74) is 0. The zero-order valence-corrected chi connectivity index (χ0v) is 5.37. The van der Waals surface area contributed by atoms with Gasteiger partial charge >= 0.3 is 0 Å². The molecule has 1 aliphatic rings. The molecule has 0 aliphatic carbocycles. The highest BCUT2D eigenvalue weighted by molar-refractivity contribution is 4.55. The molecule has 11 heavy (non-hydrogen) atoms. The molecule has 0 N–H and O–H groups in total. The Bertz CT molecular complexity index is 191. The molecule has 1 rings (SSSR count). The predicted octanol–water partition coefficient (Wildman–Crippen LogP) is -0.529. The van der Waals surface area contributed by atoms with Crippen molar-refractivity contribution in [3.05, 3.63) is 15.3 Å². The van der Waals surface area contributed by atoms with Gasteiger partial charge in [-0.15, -0.1) is 10.1 Å². The van der Waals surface area contributed by atoms with Crippen molar-refractivity contribution in [1.82, 2.24) is 0 Å². The van der Waals surface area contributed by atoms with Gasteiger partial charge in [-0.1, -0.05) is 0 Å². The van der Waals surface area contributed by atoms with Crippen molar-refractivity contribution in [2.75, 3.05) is 13.2 Å². The zero-order valence-electron chi connectivity index (χ0n) is 5.37. The summed E-state index contributed by atoms with van der Waals surface area (Å²) in [6.45, 7) is -0.174. The third-order valence-corrected chi connectivity index (χ3v) is 1.01. The molecule has 0 fully saturated rings.